The molecule has 1 heterocycles. The van der Waals surface area contributed by atoms with Crippen molar-refractivity contribution in [1.29, 1.82) is 0 Å². The van der Waals surface area contributed by atoms with E-state index in [4.69, 9.17) is 9.47 Å². The highest BCUT2D eigenvalue weighted by atomic mass is 16.5. The van der Waals surface area contributed by atoms with Gasteiger partial charge in [-0.1, -0.05) is 6.07 Å². The van der Waals surface area contributed by atoms with Crippen LogP contribution in [0, 0.1) is 5.92 Å². The van der Waals surface area contributed by atoms with Crippen LogP contribution in [0.5, 0.6) is 11.5 Å². The molecule has 3 atom stereocenters. The van der Waals surface area contributed by atoms with E-state index in [0.717, 1.165) is 41.4 Å². The predicted octanol–water partition coefficient (Wildman–Crippen LogP) is 2.55. The molecule has 1 aromatic carbocycles. The standard InChI is InChI=1S/C21H27NO4/c1-22(2)9-5-8-21-12-16(23)18(26-4)11-14(21)15(22)10-13-6-7-17(25-3)20(24)19(13)21/h6-7,11,14-15H,5,8-10,12H2,1-4H3/p+1/t14-,15+,21-/m0/s1. The van der Waals surface area contributed by atoms with Crippen molar-refractivity contribution in [2.45, 2.75) is 37.1 Å². The summed E-state index contributed by atoms with van der Waals surface area (Å²) >= 11 is 0. The van der Waals surface area contributed by atoms with E-state index in [1.54, 1.807) is 14.2 Å². The molecule has 140 valence electrons. The van der Waals surface area contributed by atoms with E-state index < -0.39 is 0 Å². The summed E-state index contributed by atoms with van der Waals surface area (Å²) in [7, 11) is 7.71. The van der Waals surface area contributed by atoms with Gasteiger partial charge < -0.3 is 19.1 Å². The summed E-state index contributed by atoms with van der Waals surface area (Å²) in [6, 6.07) is 4.28. The first-order chi connectivity index (χ1) is 12.3. The number of allylic oxidation sites excluding steroid dienone is 1. The Bertz CT molecular complexity index is 797. The Kier molecular flexibility index (Phi) is 3.85. The van der Waals surface area contributed by atoms with Crippen LogP contribution in [-0.2, 0) is 21.4 Å². The molecule has 1 aliphatic heterocycles. The number of methoxy groups -OCH3 is 2. The largest absolute Gasteiger partial charge is 0.504 e. The third-order valence-electron chi connectivity index (χ3n) is 6.98. The van der Waals surface area contributed by atoms with E-state index >= 15 is 0 Å². The van der Waals surface area contributed by atoms with E-state index in [1.165, 1.54) is 0 Å². The highest BCUT2D eigenvalue weighted by Gasteiger charge is 2.58. The Morgan fingerprint density at radius 3 is 2.69 bits per heavy atom. The molecule has 4 rings (SSSR count). The van der Waals surface area contributed by atoms with Crippen molar-refractivity contribution in [3.05, 3.63) is 35.1 Å². The molecule has 0 amide bonds. The summed E-state index contributed by atoms with van der Waals surface area (Å²) in [5, 5.41) is 11.0. The third kappa shape index (κ3) is 2.22. The van der Waals surface area contributed by atoms with Crippen molar-refractivity contribution in [3.63, 3.8) is 0 Å². The maximum absolute atomic E-state index is 12.8. The summed E-state index contributed by atoms with van der Waals surface area (Å²) in [5.41, 5.74) is 1.71. The molecule has 5 nitrogen and oxygen atoms in total. The molecule has 2 aliphatic carbocycles. The number of carbonyl (C=O) groups excluding carboxylic acids is 1. The predicted molar refractivity (Wildman–Crippen MR) is 98.2 cm³/mol. The SMILES string of the molecule is COC1=C[C@H]2[C@H]3Cc4ccc(OC)c(O)c4[C@@]2(CCC[N+]3(C)C)CC1=O. The van der Waals surface area contributed by atoms with Gasteiger partial charge in [-0.15, -0.1) is 0 Å². The van der Waals surface area contributed by atoms with Crippen LogP contribution in [0.1, 0.15) is 30.4 Å². The maximum atomic E-state index is 12.8. The van der Waals surface area contributed by atoms with Gasteiger partial charge in [0.05, 0.1) is 34.9 Å². The van der Waals surface area contributed by atoms with Crippen LogP contribution < -0.4 is 4.74 Å². The van der Waals surface area contributed by atoms with E-state index in [0.29, 0.717) is 24.0 Å². The first kappa shape index (κ1) is 17.4. The molecule has 0 unspecified atom stereocenters. The molecule has 0 aromatic heterocycles. The summed E-state index contributed by atoms with van der Waals surface area (Å²) in [4.78, 5) is 12.8. The average Bonchev–Trinajstić information content (AvgIpc) is 2.66. The van der Waals surface area contributed by atoms with E-state index in [-0.39, 0.29) is 22.9 Å². The number of fused-ring (bicyclic) bond motifs is 1. The van der Waals surface area contributed by atoms with Crippen molar-refractivity contribution >= 4 is 5.78 Å². The molecule has 1 aromatic rings. The van der Waals surface area contributed by atoms with Gasteiger partial charge in [0.25, 0.3) is 0 Å². The molecule has 1 fully saturated rings. The Hall–Kier alpha value is -2.01. The second kappa shape index (κ2) is 5.74. The topological polar surface area (TPSA) is 55.8 Å². The fourth-order valence-electron chi connectivity index (χ4n) is 5.71. The van der Waals surface area contributed by atoms with Gasteiger partial charge in [-0.25, -0.2) is 0 Å². The monoisotopic (exact) mass is 358 g/mol. The van der Waals surface area contributed by atoms with Gasteiger partial charge in [0.2, 0.25) is 0 Å². The van der Waals surface area contributed by atoms with Gasteiger partial charge in [0.15, 0.2) is 23.0 Å². The van der Waals surface area contributed by atoms with Gasteiger partial charge in [0.1, 0.15) is 6.04 Å². The van der Waals surface area contributed by atoms with Gasteiger partial charge in [-0.3, -0.25) is 4.79 Å². The van der Waals surface area contributed by atoms with Crippen LogP contribution in [0.3, 0.4) is 0 Å². The molecule has 0 spiro atoms. The summed E-state index contributed by atoms with van der Waals surface area (Å²) in [6.45, 7) is 1.07. The maximum Gasteiger partial charge on any atom is 0.197 e. The number of phenols is 1. The number of carbonyl (C=O) groups is 1. The zero-order chi connectivity index (χ0) is 18.7. The quantitative estimate of drug-likeness (QED) is 0.826. The number of ketones is 1. The van der Waals surface area contributed by atoms with E-state index in [9.17, 15) is 9.90 Å². The van der Waals surface area contributed by atoms with Gasteiger partial charge in [0, 0.05) is 29.7 Å². The van der Waals surface area contributed by atoms with E-state index in [1.807, 2.05) is 12.1 Å². The number of nitrogens with zero attached hydrogens (tertiary/aromatic N) is 1. The minimum Gasteiger partial charge on any atom is -0.504 e. The summed E-state index contributed by atoms with van der Waals surface area (Å²) < 4.78 is 11.7. The lowest BCUT2D eigenvalue weighted by atomic mass is 9.55. The van der Waals surface area contributed by atoms with Crippen molar-refractivity contribution in [2.24, 2.45) is 5.92 Å². The first-order valence-corrected chi connectivity index (χ1v) is 9.35. The second-order valence-corrected chi connectivity index (χ2v) is 8.54. The number of ether oxygens (including phenoxy) is 2. The minimum atomic E-state index is -0.373. The zero-order valence-electron chi connectivity index (χ0n) is 16.0. The number of phenolic OH excluding ortho intramolecular Hbond substituents is 1. The lowest BCUT2D eigenvalue weighted by Gasteiger charge is -2.51. The number of likely N-dealkylation sites (tertiary alicyclic amines) is 1. The van der Waals surface area contributed by atoms with Crippen LogP contribution in [-0.4, -0.2) is 56.3 Å². The molecular weight excluding hydrogens is 330 g/mol. The molecule has 0 saturated carbocycles. The zero-order valence-corrected chi connectivity index (χ0v) is 16.0. The van der Waals surface area contributed by atoms with Gasteiger partial charge >= 0.3 is 0 Å². The highest BCUT2D eigenvalue weighted by molar-refractivity contribution is 5.96. The Morgan fingerprint density at radius 1 is 1.23 bits per heavy atom. The number of rotatable bonds is 2. The van der Waals surface area contributed by atoms with Crippen LogP contribution in [0.25, 0.3) is 0 Å². The summed E-state index contributed by atoms with van der Waals surface area (Å²) in [5.74, 6) is 1.37. The lowest BCUT2D eigenvalue weighted by molar-refractivity contribution is -0.917. The Balaban J connectivity index is 2.01. The second-order valence-electron chi connectivity index (χ2n) is 8.54. The molecular formula is C21H28NO4+. The molecule has 1 N–H and O–H groups in total. The lowest BCUT2D eigenvalue weighted by Crippen LogP contribution is -2.59. The number of hydrogen-bond acceptors (Lipinski definition) is 4. The third-order valence-corrected chi connectivity index (χ3v) is 6.98. The van der Waals surface area contributed by atoms with Crippen LogP contribution >= 0.6 is 0 Å². The van der Waals surface area contributed by atoms with Crippen molar-refractivity contribution in [1.82, 2.24) is 0 Å². The Labute approximate surface area is 154 Å². The number of Topliss-reactive ketones (excluding diaryl/α,β-unsaturated/α-hetero) is 1. The first-order valence-electron chi connectivity index (χ1n) is 9.35. The van der Waals surface area contributed by atoms with Crippen molar-refractivity contribution < 1.29 is 23.9 Å². The number of likely N-dealkylation sites (N-methyl/N-ethyl adjacent to an activating group) is 1. The minimum absolute atomic E-state index is 0.0322. The van der Waals surface area contributed by atoms with Crippen molar-refractivity contribution in [3.8, 4) is 11.5 Å². The molecule has 26 heavy (non-hydrogen) atoms. The number of benzene rings is 1. The van der Waals surface area contributed by atoms with Crippen LogP contribution in [0.4, 0.5) is 0 Å². The molecule has 3 aliphatic rings. The summed E-state index contributed by atoms with van der Waals surface area (Å²) in [6.07, 6.45) is 5.24. The smallest absolute Gasteiger partial charge is 0.197 e. The van der Waals surface area contributed by atoms with Crippen LogP contribution in [0.2, 0.25) is 0 Å². The molecule has 2 bridgehead atoms. The fourth-order valence-corrected chi connectivity index (χ4v) is 5.71. The fraction of sp³-hybridized carbons (Fsp3) is 0.571. The number of quaternary nitrogens is 1. The Morgan fingerprint density at radius 2 is 2.00 bits per heavy atom. The van der Waals surface area contributed by atoms with Crippen molar-refractivity contribution in [2.75, 3.05) is 34.9 Å². The van der Waals surface area contributed by atoms with E-state index in [2.05, 4.69) is 20.2 Å². The number of aromatic hydroxyl groups is 1. The average molecular weight is 358 g/mol. The normalized spacial score (nSPS) is 32.0. The number of hydrogen-bond donors (Lipinski definition) is 1. The van der Waals surface area contributed by atoms with Crippen LogP contribution in [0.15, 0.2) is 24.0 Å². The molecule has 1 saturated heterocycles. The molecule has 0 radical (unpaired) electrons. The molecule has 5 heteroatoms. The van der Waals surface area contributed by atoms with Gasteiger partial charge in [-0.2, -0.15) is 0 Å². The van der Waals surface area contributed by atoms with Gasteiger partial charge in [-0.05, 0) is 30.5 Å². The highest BCUT2D eigenvalue weighted by Crippen LogP contribution is 2.58.